The van der Waals surface area contributed by atoms with Gasteiger partial charge in [-0.15, -0.1) is 0 Å². The Bertz CT molecular complexity index is 743. The van der Waals surface area contributed by atoms with E-state index in [-0.39, 0.29) is 4.90 Å². The predicted octanol–water partition coefficient (Wildman–Crippen LogP) is 2.00. The lowest BCUT2D eigenvalue weighted by molar-refractivity contribution is 0.597. The van der Waals surface area contributed by atoms with Crippen LogP contribution >= 0.6 is 12.2 Å². The van der Waals surface area contributed by atoms with Gasteiger partial charge >= 0.3 is 0 Å². The van der Waals surface area contributed by atoms with Crippen LogP contribution < -0.4 is 5.14 Å². The van der Waals surface area contributed by atoms with Gasteiger partial charge in [0, 0.05) is 18.4 Å². The largest absolute Gasteiger partial charge is 0.337 e. The number of imidazole rings is 1. The summed E-state index contributed by atoms with van der Waals surface area (Å²) in [6.07, 6.45) is 3.62. The number of hydrogen-bond donors (Lipinski definition) is 2. The summed E-state index contributed by atoms with van der Waals surface area (Å²) in [5.74, 6) is 0. The molecular formula is C13H17N3O2S2. The lowest BCUT2D eigenvalue weighted by atomic mass is 10.1. The summed E-state index contributed by atoms with van der Waals surface area (Å²) in [7, 11) is -3.62. The van der Waals surface area contributed by atoms with E-state index in [9.17, 15) is 8.42 Å². The second-order valence-electron chi connectivity index (χ2n) is 4.53. The first-order valence-electron chi connectivity index (χ1n) is 6.30. The van der Waals surface area contributed by atoms with Gasteiger partial charge in [0.1, 0.15) is 0 Å². The average Bonchev–Trinajstić information content (AvgIpc) is 2.76. The van der Waals surface area contributed by atoms with Crippen molar-refractivity contribution in [3.63, 3.8) is 0 Å². The van der Waals surface area contributed by atoms with Crippen LogP contribution in [0.4, 0.5) is 0 Å². The van der Waals surface area contributed by atoms with Gasteiger partial charge in [-0.25, -0.2) is 13.6 Å². The molecule has 0 aliphatic heterocycles. The Morgan fingerprint density at radius 2 is 1.95 bits per heavy atom. The topological polar surface area (TPSA) is 80.9 Å². The first-order chi connectivity index (χ1) is 9.41. The number of primary sulfonamides is 1. The number of nitrogens with two attached hydrogens (primary N) is 1. The molecule has 3 N–H and O–H groups in total. The van der Waals surface area contributed by atoms with Crippen molar-refractivity contribution in [2.24, 2.45) is 5.14 Å². The third-order valence-corrected chi connectivity index (χ3v) is 4.46. The molecule has 0 atom stereocenters. The fourth-order valence-corrected chi connectivity index (χ4v) is 2.84. The Kier molecular flexibility index (Phi) is 4.42. The fraction of sp³-hybridized carbons (Fsp3) is 0.308. The number of aromatic amines is 1. The Balaban J connectivity index is 2.12. The van der Waals surface area contributed by atoms with Crippen LogP contribution in [0.25, 0.3) is 0 Å². The van der Waals surface area contributed by atoms with Crippen molar-refractivity contribution in [2.45, 2.75) is 31.2 Å². The van der Waals surface area contributed by atoms with Crippen LogP contribution in [-0.4, -0.2) is 18.0 Å². The predicted molar refractivity (Wildman–Crippen MR) is 80.5 cm³/mol. The lowest BCUT2D eigenvalue weighted by Gasteiger charge is -2.07. The number of benzene rings is 1. The van der Waals surface area contributed by atoms with Crippen LogP contribution in [0.15, 0.2) is 35.4 Å². The molecule has 0 amide bonds. The molecule has 0 saturated heterocycles. The maximum Gasteiger partial charge on any atom is 0.238 e. The van der Waals surface area contributed by atoms with Gasteiger partial charge in [-0.1, -0.05) is 19.1 Å². The quantitative estimate of drug-likeness (QED) is 0.829. The molecule has 0 radical (unpaired) electrons. The molecule has 0 saturated carbocycles. The Hall–Kier alpha value is -1.44. The number of H-pyrrole nitrogens is 1. The van der Waals surface area contributed by atoms with Crippen molar-refractivity contribution >= 4 is 22.2 Å². The molecule has 2 aromatic rings. The Morgan fingerprint density at radius 3 is 2.50 bits per heavy atom. The third-order valence-electron chi connectivity index (χ3n) is 3.19. The fourth-order valence-electron chi connectivity index (χ4n) is 2.06. The van der Waals surface area contributed by atoms with Gasteiger partial charge in [0.25, 0.3) is 0 Å². The van der Waals surface area contributed by atoms with Gasteiger partial charge < -0.3 is 9.55 Å². The SMILES string of the molecule is CCc1c[nH]c(=S)n1CCc1ccc(S(N)(=O)=O)cc1. The number of aryl methyl sites for hydroxylation is 2. The van der Waals surface area contributed by atoms with Gasteiger partial charge in [0.15, 0.2) is 4.77 Å². The molecule has 20 heavy (non-hydrogen) atoms. The van der Waals surface area contributed by atoms with Crippen LogP contribution in [0.5, 0.6) is 0 Å². The van der Waals surface area contributed by atoms with Gasteiger partial charge in [0.05, 0.1) is 4.90 Å². The van der Waals surface area contributed by atoms with Crippen LogP contribution in [0.1, 0.15) is 18.2 Å². The molecule has 0 aliphatic rings. The van der Waals surface area contributed by atoms with Crippen molar-refractivity contribution in [1.29, 1.82) is 0 Å². The average molecular weight is 311 g/mol. The van der Waals surface area contributed by atoms with Crippen molar-refractivity contribution in [3.05, 3.63) is 46.5 Å². The van der Waals surface area contributed by atoms with E-state index < -0.39 is 10.0 Å². The number of aromatic nitrogens is 2. The van der Waals surface area contributed by atoms with Gasteiger partial charge in [-0.2, -0.15) is 0 Å². The number of sulfonamides is 1. The summed E-state index contributed by atoms with van der Waals surface area (Å²) in [6, 6.07) is 6.62. The summed E-state index contributed by atoms with van der Waals surface area (Å²) >= 11 is 5.24. The van der Waals surface area contributed by atoms with E-state index in [2.05, 4.69) is 16.5 Å². The summed E-state index contributed by atoms with van der Waals surface area (Å²) < 4.78 is 25.1. The van der Waals surface area contributed by atoms with Crippen molar-refractivity contribution in [1.82, 2.24) is 9.55 Å². The highest BCUT2D eigenvalue weighted by Crippen LogP contribution is 2.11. The van der Waals surface area contributed by atoms with Crippen LogP contribution in [-0.2, 0) is 29.4 Å². The Labute approximate surface area is 123 Å². The second kappa shape index (κ2) is 5.90. The van der Waals surface area contributed by atoms with Crippen LogP contribution in [0, 0.1) is 4.77 Å². The molecule has 1 aromatic carbocycles. The summed E-state index contributed by atoms with van der Waals surface area (Å²) in [5, 5.41) is 5.07. The summed E-state index contributed by atoms with van der Waals surface area (Å²) in [5.41, 5.74) is 2.21. The molecule has 1 heterocycles. The molecule has 0 unspecified atom stereocenters. The minimum absolute atomic E-state index is 0.133. The highest BCUT2D eigenvalue weighted by atomic mass is 32.2. The van der Waals surface area contributed by atoms with E-state index in [4.69, 9.17) is 17.4 Å². The third kappa shape index (κ3) is 3.36. The van der Waals surface area contributed by atoms with E-state index >= 15 is 0 Å². The first kappa shape index (κ1) is 15.0. The highest BCUT2D eigenvalue weighted by Gasteiger charge is 2.07. The zero-order valence-corrected chi connectivity index (χ0v) is 12.8. The minimum Gasteiger partial charge on any atom is -0.337 e. The molecule has 0 fully saturated rings. The van der Waals surface area contributed by atoms with E-state index in [1.165, 1.54) is 12.1 Å². The molecular weight excluding hydrogens is 294 g/mol. The van der Waals surface area contributed by atoms with Crippen molar-refractivity contribution in [2.75, 3.05) is 0 Å². The highest BCUT2D eigenvalue weighted by molar-refractivity contribution is 7.89. The van der Waals surface area contributed by atoms with Crippen LogP contribution in [0.3, 0.4) is 0 Å². The maximum absolute atomic E-state index is 11.2. The van der Waals surface area contributed by atoms with Gasteiger partial charge in [-0.3, -0.25) is 0 Å². The van der Waals surface area contributed by atoms with E-state index in [1.54, 1.807) is 12.1 Å². The second-order valence-corrected chi connectivity index (χ2v) is 6.48. The normalized spacial score (nSPS) is 11.7. The smallest absolute Gasteiger partial charge is 0.238 e. The summed E-state index contributed by atoms with van der Waals surface area (Å²) in [6.45, 7) is 2.84. The Morgan fingerprint density at radius 1 is 1.30 bits per heavy atom. The summed E-state index contributed by atoms with van der Waals surface area (Å²) in [4.78, 5) is 3.17. The van der Waals surface area contributed by atoms with E-state index in [0.717, 1.165) is 30.6 Å². The number of nitrogens with one attached hydrogen (secondary N) is 1. The minimum atomic E-state index is -3.62. The van der Waals surface area contributed by atoms with Gasteiger partial charge in [-0.05, 0) is 42.8 Å². The number of rotatable bonds is 5. The first-order valence-corrected chi connectivity index (χ1v) is 8.26. The molecule has 5 nitrogen and oxygen atoms in total. The molecule has 108 valence electrons. The van der Waals surface area contributed by atoms with E-state index in [1.807, 2.05) is 6.20 Å². The number of hydrogen-bond acceptors (Lipinski definition) is 3. The monoisotopic (exact) mass is 311 g/mol. The molecule has 2 rings (SSSR count). The van der Waals surface area contributed by atoms with E-state index in [0.29, 0.717) is 4.77 Å². The standard InChI is InChI=1S/C13H17N3O2S2/c1-2-11-9-15-13(19)16(11)8-7-10-3-5-12(6-4-10)20(14,17)18/h3-6,9H,2,7-8H2,1H3,(H,15,19)(H2,14,17,18). The van der Waals surface area contributed by atoms with Crippen molar-refractivity contribution < 1.29 is 8.42 Å². The lowest BCUT2D eigenvalue weighted by Crippen LogP contribution is -2.12. The van der Waals surface area contributed by atoms with Gasteiger partial charge in [0.2, 0.25) is 10.0 Å². The zero-order chi connectivity index (χ0) is 14.8. The molecule has 1 aromatic heterocycles. The molecule has 7 heteroatoms. The van der Waals surface area contributed by atoms with Crippen molar-refractivity contribution in [3.8, 4) is 0 Å². The number of nitrogens with zero attached hydrogens (tertiary/aromatic N) is 1. The zero-order valence-electron chi connectivity index (χ0n) is 11.2. The maximum atomic E-state index is 11.2. The molecule has 0 bridgehead atoms. The van der Waals surface area contributed by atoms with Crippen LogP contribution in [0.2, 0.25) is 0 Å². The molecule has 0 spiro atoms. The molecule has 0 aliphatic carbocycles.